The first kappa shape index (κ1) is 7.17. The van der Waals surface area contributed by atoms with Crippen molar-refractivity contribution < 1.29 is 0 Å². The highest BCUT2D eigenvalue weighted by atomic mass is 15.6. The smallest absolute Gasteiger partial charge is 0.0405 e. The monoisotopic (exact) mass is 152 g/mol. The first-order valence-electron chi connectivity index (χ1n) is 4.40. The molecule has 0 N–H and O–H groups in total. The number of nitrogens with zero attached hydrogens (tertiary/aromatic N) is 2. The van der Waals surface area contributed by atoms with E-state index < -0.39 is 0 Å². The Hall–Kier alpha value is -0.500. The Morgan fingerprint density at radius 2 is 2.27 bits per heavy atom. The molecule has 62 valence electrons. The molecular formula is C9H16N2. The fourth-order valence-corrected chi connectivity index (χ4v) is 1.63. The van der Waals surface area contributed by atoms with Crippen molar-refractivity contribution in [3.05, 3.63) is 11.8 Å². The van der Waals surface area contributed by atoms with E-state index in [9.17, 15) is 0 Å². The molecule has 0 aromatic carbocycles. The Bertz CT molecular complexity index is 182. The zero-order valence-corrected chi connectivity index (χ0v) is 7.38. The van der Waals surface area contributed by atoms with E-state index in [0.717, 1.165) is 12.5 Å². The Kier molecular flexibility index (Phi) is 1.64. The maximum absolute atomic E-state index is 2.42. The van der Waals surface area contributed by atoms with Gasteiger partial charge in [-0.25, -0.2) is 5.01 Å². The highest BCUT2D eigenvalue weighted by molar-refractivity contribution is 5.04. The largest absolute Gasteiger partial charge is 0.316 e. The molecule has 1 aliphatic heterocycles. The molecule has 11 heavy (non-hydrogen) atoms. The zero-order valence-electron chi connectivity index (χ0n) is 7.38. The molecule has 1 aliphatic carbocycles. The van der Waals surface area contributed by atoms with Gasteiger partial charge in [0.15, 0.2) is 0 Å². The predicted octanol–water partition coefficient (Wildman–Crippen LogP) is 1.46. The summed E-state index contributed by atoms with van der Waals surface area (Å²) in [6.07, 6.45) is 5.12. The van der Waals surface area contributed by atoms with E-state index in [1.165, 1.54) is 25.0 Å². The van der Waals surface area contributed by atoms with Crippen molar-refractivity contribution in [2.75, 3.05) is 20.1 Å². The lowest BCUT2D eigenvalue weighted by molar-refractivity contribution is 0.0737. The molecule has 0 amide bonds. The van der Waals surface area contributed by atoms with E-state index in [1.807, 2.05) is 0 Å². The van der Waals surface area contributed by atoms with Crippen LogP contribution in [0.15, 0.2) is 11.8 Å². The van der Waals surface area contributed by atoms with Crippen LogP contribution in [0.3, 0.4) is 0 Å². The van der Waals surface area contributed by atoms with Gasteiger partial charge in [-0.2, -0.15) is 0 Å². The van der Waals surface area contributed by atoms with Crippen molar-refractivity contribution in [3.63, 3.8) is 0 Å². The van der Waals surface area contributed by atoms with Crippen LogP contribution >= 0.6 is 0 Å². The molecule has 0 aromatic heterocycles. The summed E-state index contributed by atoms with van der Waals surface area (Å²) in [5.74, 6) is 0.997. The van der Waals surface area contributed by atoms with E-state index in [1.54, 1.807) is 0 Å². The molecule has 1 fully saturated rings. The van der Waals surface area contributed by atoms with Crippen LogP contribution in [0.25, 0.3) is 0 Å². The lowest BCUT2D eigenvalue weighted by Crippen LogP contribution is -2.33. The Morgan fingerprint density at radius 3 is 2.73 bits per heavy atom. The van der Waals surface area contributed by atoms with Crippen molar-refractivity contribution in [2.45, 2.75) is 19.8 Å². The van der Waals surface area contributed by atoms with E-state index in [-0.39, 0.29) is 0 Å². The molecule has 0 bridgehead atoms. The van der Waals surface area contributed by atoms with Crippen LogP contribution in [0.2, 0.25) is 0 Å². The summed E-state index contributed by atoms with van der Waals surface area (Å²) < 4.78 is 0. The summed E-state index contributed by atoms with van der Waals surface area (Å²) in [5.41, 5.74) is 1.48. The Labute approximate surface area is 68.4 Å². The van der Waals surface area contributed by atoms with Crippen LogP contribution in [-0.2, 0) is 0 Å². The molecule has 0 radical (unpaired) electrons. The third kappa shape index (κ3) is 1.56. The van der Waals surface area contributed by atoms with Crippen molar-refractivity contribution in [2.24, 2.45) is 5.92 Å². The first-order chi connectivity index (χ1) is 5.25. The number of rotatable bonds is 2. The van der Waals surface area contributed by atoms with Gasteiger partial charge in [0.25, 0.3) is 0 Å². The van der Waals surface area contributed by atoms with Gasteiger partial charge < -0.3 is 5.01 Å². The third-order valence-corrected chi connectivity index (χ3v) is 2.45. The standard InChI is InChI=1S/C9H16N2/c1-8-5-10(2)11(6-8)7-9-3-4-9/h5,9H,3-4,6-7H2,1-2H3. The van der Waals surface area contributed by atoms with Crippen LogP contribution in [-0.4, -0.2) is 30.2 Å². The van der Waals surface area contributed by atoms with Crippen LogP contribution in [0, 0.1) is 5.92 Å². The van der Waals surface area contributed by atoms with Gasteiger partial charge in [-0.15, -0.1) is 0 Å². The van der Waals surface area contributed by atoms with E-state index in [2.05, 4.69) is 30.2 Å². The van der Waals surface area contributed by atoms with Gasteiger partial charge in [0, 0.05) is 26.3 Å². The average Bonchev–Trinajstić information content (AvgIpc) is 2.64. The van der Waals surface area contributed by atoms with Gasteiger partial charge in [-0.3, -0.25) is 0 Å². The van der Waals surface area contributed by atoms with Crippen LogP contribution < -0.4 is 0 Å². The molecule has 1 saturated carbocycles. The number of hydrogen-bond acceptors (Lipinski definition) is 2. The molecule has 2 rings (SSSR count). The van der Waals surface area contributed by atoms with Crippen molar-refractivity contribution in [1.29, 1.82) is 0 Å². The average molecular weight is 152 g/mol. The maximum Gasteiger partial charge on any atom is 0.0405 e. The van der Waals surface area contributed by atoms with Crippen molar-refractivity contribution in [3.8, 4) is 0 Å². The Balaban J connectivity index is 1.86. The normalized spacial score (nSPS) is 26.0. The molecular weight excluding hydrogens is 136 g/mol. The van der Waals surface area contributed by atoms with Gasteiger partial charge in [-0.05, 0) is 31.3 Å². The van der Waals surface area contributed by atoms with E-state index >= 15 is 0 Å². The van der Waals surface area contributed by atoms with Gasteiger partial charge >= 0.3 is 0 Å². The summed E-state index contributed by atoms with van der Waals surface area (Å²) in [7, 11) is 2.14. The summed E-state index contributed by atoms with van der Waals surface area (Å²) in [6, 6.07) is 0. The minimum atomic E-state index is 0.997. The van der Waals surface area contributed by atoms with Gasteiger partial charge in [-0.1, -0.05) is 0 Å². The minimum absolute atomic E-state index is 0.997. The summed E-state index contributed by atoms with van der Waals surface area (Å²) >= 11 is 0. The molecule has 0 unspecified atom stereocenters. The number of hydrazine groups is 1. The predicted molar refractivity (Wildman–Crippen MR) is 45.8 cm³/mol. The van der Waals surface area contributed by atoms with Crippen LogP contribution in [0.4, 0.5) is 0 Å². The second kappa shape index (κ2) is 2.52. The van der Waals surface area contributed by atoms with Crippen LogP contribution in [0.5, 0.6) is 0 Å². The highest BCUT2D eigenvalue weighted by Gasteiger charge is 2.27. The molecule has 0 spiro atoms. The molecule has 1 heterocycles. The second-order valence-corrected chi connectivity index (χ2v) is 3.84. The molecule has 0 saturated heterocycles. The first-order valence-corrected chi connectivity index (χ1v) is 4.40. The lowest BCUT2D eigenvalue weighted by atomic mass is 10.3. The van der Waals surface area contributed by atoms with Crippen molar-refractivity contribution in [1.82, 2.24) is 10.0 Å². The summed E-state index contributed by atoms with van der Waals surface area (Å²) in [6.45, 7) is 4.61. The highest BCUT2D eigenvalue weighted by Crippen LogP contribution is 2.31. The molecule has 2 aliphatic rings. The summed E-state index contributed by atoms with van der Waals surface area (Å²) in [4.78, 5) is 0. The molecule has 2 heteroatoms. The van der Waals surface area contributed by atoms with E-state index in [4.69, 9.17) is 0 Å². The third-order valence-electron chi connectivity index (χ3n) is 2.45. The fourth-order valence-electron chi connectivity index (χ4n) is 1.63. The van der Waals surface area contributed by atoms with E-state index in [0.29, 0.717) is 0 Å². The quantitative estimate of drug-likeness (QED) is 0.591. The summed E-state index contributed by atoms with van der Waals surface area (Å²) in [5, 5.41) is 4.65. The molecule has 0 atom stereocenters. The molecule has 2 nitrogen and oxygen atoms in total. The second-order valence-electron chi connectivity index (χ2n) is 3.84. The fraction of sp³-hybridized carbons (Fsp3) is 0.778. The zero-order chi connectivity index (χ0) is 7.84. The SMILES string of the molecule is CC1=CN(C)N(CC2CC2)C1. The van der Waals surface area contributed by atoms with Gasteiger partial charge in [0.2, 0.25) is 0 Å². The van der Waals surface area contributed by atoms with Crippen LogP contribution in [0.1, 0.15) is 19.8 Å². The van der Waals surface area contributed by atoms with Gasteiger partial charge in [0.05, 0.1) is 0 Å². The van der Waals surface area contributed by atoms with Gasteiger partial charge in [0.1, 0.15) is 0 Å². The number of hydrogen-bond donors (Lipinski definition) is 0. The molecule has 0 aromatic rings. The Morgan fingerprint density at radius 1 is 1.55 bits per heavy atom. The maximum atomic E-state index is 2.42. The topological polar surface area (TPSA) is 6.48 Å². The van der Waals surface area contributed by atoms with Crippen molar-refractivity contribution >= 4 is 0 Å². The lowest BCUT2D eigenvalue weighted by Gasteiger charge is -2.24. The minimum Gasteiger partial charge on any atom is -0.316 e.